The van der Waals surface area contributed by atoms with E-state index >= 15 is 0 Å². The molecule has 0 saturated carbocycles. The average molecular weight is 414 g/mol. The zero-order valence-corrected chi connectivity index (χ0v) is 18.2. The topological polar surface area (TPSA) is 18.1 Å². The normalized spacial score (nSPS) is 12.7. The van der Waals surface area contributed by atoms with Gasteiger partial charge >= 0.3 is 0 Å². The molecule has 0 spiro atoms. The van der Waals surface area contributed by atoms with Gasteiger partial charge in [-0.2, -0.15) is 0 Å². The van der Waals surface area contributed by atoms with Crippen LogP contribution in [-0.2, 0) is 0 Å². The first-order valence-corrected chi connectivity index (χ1v) is 10.9. The SMILES string of the molecule is C=c1/c(=C(\C)c2ccc(-n3c4ccccc4c4cc(C)ccc43)cc2)oc2ccccc12. The van der Waals surface area contributed by atoms with Crippen LogP contribution in [-0.4, -0.2) is 4.57 Å². The molecule has 6 rings (SSSR count). The lowest BCUT2D eigenvalue weighted by atomic mass is 10.1. The second-order valence-electron chi connectivity index (χ2n) is 8.45. The third-order valence-corrected chi connectivity index (χ3v) is 6.43. The monoisotopic (exact) mass is 413 g/mol. The van der Waals surface area contributed by atoms with Gasteiger partial charge in [0.15, 0.2) is 0 Å². The zero-order chi connectivity index (χ0) is 21.8. The first kappa shape index (κ1) is 18.7. The van der Waals surface area contributed by atoms with Gasteiger partial charge in [-0.15, -0.1) is 0 Å². The van der Waals surface area contributed by atoms with E-state index in [9.17, 15) is 0 Å². The van der Waals surface area contributed by atoms with Gasteiger partial charge in [-0.1, -0.05) is 66.7 Å². The van der Waals surface area contributed by atoms with Crippen LogP contribution in [0.25, 0.3) is 50.6 Å². The third-order valence-electron chi connectivity index (χ3n) is 6.43. The number of aromatic nitrogens is 1. The number of rotatable bonds is 2. The predicted octanol–water partition coefficient (Wildman–Crippen LogP) is 6.47. The predicted molar refractivity (Wildman–Crippen MR) is 135 cm³/mol. The van der Waals surface area contributed by atoms with Crippen molar-refractivity contribution in [3.8, 4) is 5.69 Å². The van der Waals surface area contributed by atoms with Gasteiger partial charge < -0.3 is 8.98 Å². The molecule has 0 bridgehead atoms. The van der Waals surface area contributed by atoms with E-state index in [-0.39, 0.29) is 0 Å². The van der Waals surface area contributed by atoms with Crippen molar-refractivity contribution in [2.24, 2.45) is 0 Å². The lowest BCUT2D eigenvalue weighted by Crippen LogP contribution is -2.21. The summed E-state index contributed by atoms with van der Waals surface area (Å²) < 4.78 is 8.48. The van der Waals surface area contributed by atoms with Crippen LogP contribution in [0.1, 0.15) is 18.1 Å². The Kier molecular flexibility index (Phi) is 4.09. The van der Waals surface area contributed by atoms with Crippen LogP contribution in [0, 0.1) is 6.92 Å². The number of benzene rings is 4. The molecule has 2 aromatic heterocycles. The zero-order valence-electron chi connectivity index (χ0n) is 18.2. The van der Waals surface area contributed by atoms with E-state index in [1.54, 1.807) is 0 Å². The number of aryl methyl sites for hydroxylation is 1. The lowest BCUT2D eigenvalue weighted by molar-refractivity contribution is 0.572. The Morgan fingerprint density at radius 2 is 1.44 bits per heavy atom. The summed E-state index contributed by atoms with van der Waals surface area (Å²) in [5, 5.41) is 4.58. The van der Waals surface area contributed by atoms with Crippen molar-refractivity contribution in [2.45, 2.75) is 13.8 Å². The van der Waals surface area contributed by atoms with E-state index in [0.717, 1.165) is 38.4 Å². The minimum Gasteiger partial charge on any atom is -0.456 e. The Morgan fingerprint density at radius 3 is 2.22 bits per heavy atom. The molecule has 6 aromatic rings. The van der Waals surface area contributed by atoms with Crippen LogP contribution in [0.2, 0.25) is 0 Å². The fourth-order valence-corrected chi connectivity index (χ4v) is 4.76. The van der Waals surface area contributed by atoms with Gasteiger partial charge in [0.1, 0.15) is 11.0 Å². The Labute approximate surface area is 186 Å². The van der Waals surface area contributed by atoms with E-state index in [1.807, 2.05) is 18.2 Å². The largest absolute Gasteiger partial charge is 0.456 e. The third kappa shape index (κ3) is 2.73. The van der Waals surface area contributed by atoms with Crippen molar-refractivity contribution in [2.75, 3.05) is 0 Å². The Balaban J connectivity index is 1.54. The first-order valence-electron chi connectivity index (χ1n) is 10.9. The Hall–Kier alpha value is -4.04. The van der Waals surface area contributed by atoms with Crippen molar-refractivity contribution in [1.29, 1.82) is 0 Å². The maximum Gasteiger partial charge on any atom is 0.138 e. The molecular formula is C30H23NO. The van der Waals surface area contributed by atoms with Gasteiger partial charge in [-0.05, 0) is 61.4 Å². The number of nitrogens with zero attached hydrogens (tertiary/aromatic N) is 1. The quantitative estimate of drug-likeness (QED) is 0.318. The van der Waals surface area contributed by atoms with E-state index in [2.05, 4.69) is 97.8 Å². The van der Waals surface area contributed by atoms with Gasteiger partial charge in [0, 0.05) is 27.1 Å². The summed E-state index contributed by atoms with van der Waals surface area (Å²) in [6.45, 7) is 8.52. The minimum atomic E-state index is 0.853. The standard InChI is InChI=1S/C30H23NO/c1-19-12-17-28-26(18-19)25-9-4-6-10-27(25)31(28)23-15-13-22(14-16-23)20(2)30-21(3)24-8-5-7-11-29(24)32-30/h4-18H,3H2,1-2H3/b30-20-. The van der Waals surface area contributed by atoms with Crippen molar-refractivity contribution in [3.05, 3.63) is 113 Å². The smallest absolute Gasteiger partial charge is 0.138 e. The average Bonchev–Trinajstić information content (AvgIpc) is 3.34. The molecule has 0 saturated heterocycles. The van der Waals surface area contributed by atoms with Gasteiger partial charge in [0.25, 0.3) is 0 Å². The molecule has 0 atom stereocenters. The van der Waals surface area contributed by atoms with Gasteiger partial charge in [-0.25, -0.2) is 0 Å². The van der Waals surface area contributed by atoms with Crippen LogP contribution >= 0.6 is 0 Å². The van der Waals surface area contributed by atoms with Crippen LogP contribution < -0.4 is 10.6 Å². The van der Waals surface area contributed by atoms with Crippen molar-refractivity contribution >= 4 is 44.9 Å². The molecule has 2 nitrogen and oxygen atoms in total. The van der Waals surface area contributed by atoms with E-state index < -0.39 is 0 Å². The fourth-order valence-electron chi connectivity index (χ4n) is 4.76. The molecule has 0 amide bonds. The highest BCUT2D eigenvalue weighted by atomic mass is 16.3. The molecule has 154 valence electrons. The highest BCUT2D eigenvalue weighted by Crippen LogP contribution is 2.32. The summed E-state index contributed by atoms with van der Waals surface area (Å²) in [4.78, 5) is 0. The molecule has 0 radical (unpaired) electrons. The second-order valence-corrected chi connectivity index (χ2v) is 8.45. The van der Waals surface area contributed by atoms with Crippen LogP contribution in [0.15, 0.2) is 95.4 Å². The second kappa shape index (κ2) is 7.00. The van der Waals surface area contributed by atoms with E-state index in [4.69, 9.17) is 4.42 Å². The number of furan rings is 1. The molecule has 0 aliphatic rings. The molecule has 0 unspecified atom stereocenters. The number of hydrogen-bond acceptors (Lipinski definition) is 1. The summed E-state index contributed by atoms with van der Waals surface area (Å²) >= 11 is 0. The summed E-state index contributed by atoms with van der Waals surface area (Å²) in [7, 11) is 0. The fraction of sp³-hybridized carbons (Fsp3) is 0.0667. The molecule has 4 aromatic carbocycles. The van der Waals surface area contributed by atoms with Gasteiger partial charge in [0.2, 0.25) is 0 Å². The van der Waals surface area contributed by atoms with Crippen LogP contribution in [0.5, 0.6) is 0 Å². The van der Waals surface area contributed by atoms with Crippen molar-refractivity contribution in [1.82, 2.24) is 4.57 Å². The lowest BCUT2D eigenvalue weighted by Gasteiger charge is -2.09. The van der Waals surface area contributed by atoms with Gasteiger partial charge in [-0.3, -0.25) is 0 Å². The number of hydrogen-bond donors (Lipinski definition) is 0. The van der Waals surface area contributed by atoms with Crippen molar-refractivity contribution < 1.29 is 4.42 Å². The molecule has 0 aliphatic carbocycles. The molecule has 2 heteroatoms. The minimum absolute atomic E-state index is 0.853. The molecule has 2 heterocycles. The van der Waals surface area contributed by atoms with Crippen LogP contribution in [0.3, 0.4) is 0 Å². The molecule has 0 N–H and O–H groups in total. The molecule has 0 fully saturated rings. The number of para-hydroxylation sites is 2. The van der Waals surface area contributed by atoms with Crippen LogP contribution in [0.4, 0.5) is 0 Å². The van der Waals surface area contributed by atoms with E-state index in [0.29, 0.717) is 0 Å². The Bertz CT molecular complexity index is 1750. The highest BCUT2D eigenvalue weighted by Gasteiger charge is 2.12. The maximum atomic E-state index is 6.14. The summed E-state index contributed by atoms with van der Waals surface area (Å²) in [5.41, 5.74) is 8.83. The van der Waals surface area contributed by atoms with Crippen molar-refractivity contribution in [3.63, 3.8) is 0 Å². The highest BCUT2D eigenvalue weighted by molar-refractivity contribution is 6.09. The first-order chi connectivity index (χ1) is 15.6. The molecule has 32 heavy (non-hydrogen) atoms. The molecular weight excluding hydrogens is 390 g/mol. The van der Waals surface area contributed by atoms with Gasteiger partial charge in [0.05, 0.1) is 11.0 Å². The van der Waals surface area contributed by atoms with E-state index in [1.165, 1.54) is 27.4 Å². The maximum absolute atomic E-state index is 6.14. The summed E-state index contributed by atoms with van der Waals surface area (Å²) in [6, 6.07) is 32.1. The number of fused-ring (bicyclic) bond motifs is 4. The Morgan fingerprint density at radius 1 is 0.750 bits per heavy atom. The molecule has 0 aliphatic heterocycles. The summed E-state index contributed by atoms with van der Waals surface area (Å²) in [6.07, 6.45) is 0. The summed E-state index contributed by atoms with van der Waals surface area (Å²) in [5.74, 6) is 0.